The number of hydrogen-bond donors (Lipinski definition) is 3. The third-order valence-electron chi connectivity index (χ3n) is 4.35. The van der Waals surface area contributed by atoms with Gasteiger partial charge in [0.1, 0.15) is 6.61 Å². The summed E-state index contributed by atoms with van der Waals surface area (Å²) >= 11 is 0. The van der Waals surface area contributed by atoms with Crippen molar-refractivity contribution in [1.82, 2.24) is 5.32 Å². The van der Waals surface area contributed by atoms with Crippen LogP contribution in [0.5, 0.6) is 0 Å². The Bertz CT molecular complexity index is 598. The van der Waals surface area contributed by atoms with E-state index in [9.17, 15) is 9.90 Å². The third kappa shape index (κ3) is 2.33. The van der Waals surface area contributed by atoms with E-state index in [1.807, 2.05) is 13.0 Å². The van der Waals surface area contributed by atoms with E-state index < -0.39 is 24.9 Å². The summed E-state index contributed by atoms with van der Waals surface area (Å²) < 4.78 is 17.3. The molecule has 0 fully saturated rings. The molecule has 8 heteroatoms. The molecular weight excluding hydrogens is 289 g/mol. The van der Waals surface area contributed by atoms with Gasteiger partial charge in [-0.25, -0.2) is 4.79 Å². The second-order valence-electron chi connectivity index (χ2n) is 5.75. The molecule has 3 N–H and O–H groups in total. The number of allylic oxidation sites excluding steroid dienone is 3. The zero-order valence-corrected chi connectivity index (χ0v) is 12.5. The van der Waals surface area contributed by atoms with Gasteiger partial charge in [-0.2, -0.15) is 0 Å². The van der Waals surface area contributed by atoms with Crippen LogP contribution >= 0.6 is 0 Å². The molecule has 3 aliphatic rings. The Labute approximate surface area is 128 Å². The monoisotopic (exact) mass is 307 g/mol. The maximum Gasteiger partial charge on any atom is 0.495 e. The molecule has 0 radical (unpaired) electrons. The molecule has 0 spiro atoms. The number of rotatable bonds is 3. The Morgan fingerprint density at radius 3 is 3.05 bits per heavy atom. The molecule has 0 aliphatic carbocycles. The standard InChI is InChI=1S/C14H18BNO6/c1-8-9-3-4-20-6-10-12(9)15(22-14(10,2)7-17)21-11(8)5-16-13(18)19/h3-4,11,16-17H,5-7H2,1-2H3,(H,18,19). The van der Waals surface area contributed by atoms with Crippen molar-refractivity contribution >= 4 is 13.2 Å². The van der Waals surface area contributed by atoms with Crippen molar-refractivity contribution in [3.8, 4) is 0 Å². The van der Waals surface area contributed by atoms with E-state index in [1.54, 1.807) is 13.2 Å². The van der Waals surface area contributed by atoms with Gasteiger partial charge in [0, 0.05) is 6.54 Å². The molecule has 2 unspecified atom stereocenters. The highest BCUT2D eigenvalue weighted by Gasteiger charge is 2.51. The maximum atomic E-state index is 10.7. The summed E-state index contributed by atoms with van der Waals surface area (Å²) in [6.07, 6.45) is 1.92. The molecule has 3 heterocycles. The Morgan fingerprint density at radius 1 is 1.59 bits per heavy atom. The lowest BCUT2D eigenvalue weighted by Crippen LogP contribution is -2.43. The minimum absolute atomic E-state index is 0.137. The van der Waals surface area contributed by atoms with Crippen LogP contribution < -0.4 is 5.32 Å². The minimum atomic E-state index is -1.10. The van der Waals surface area contributed by atoms with Gasteiger partial charge in [-0.05, 0) is 42.1 Å². The van der Waals surface area contributed by atoms with Crippen LogP contribution in [0.3, 0.4) is 0 Å². The van der Waals surface area contributed by atoms with Crippen LogP contribution in [-0.4, -0.2) is 54.9 Å². The average molecular weight is 307 g/mol. The molecule has 0 saturated carbocycles. The topological polar surface area (TPSA) is 97.3 Å². The molecule has 0 aromatic heterocycles. The predicted molar refractivity (Wildman–Crippen MR) is 78.0 cm³/mol. The number of aliphatic hydroxyl groups excluding tert-OH is 1. The fourth-order valence-corrected chi connectivity index (χ4v) is 3.03. The van der Waals surface area contributed by atoms with E-state index in [0.717, 1.165) is 22.2 Å². The second-order valence-corrected chi connectivity index (χ2v) is 5.75. The van der Waals surface area contributed by atoms with Gasteiger partial charge in [0.15, 0.2) is 0 Å². The van der Waals surface area contributed by atoms with Crippen molar-refractivity contribution in [2.24, 2.45) is 0 Å². The summed E-state index contributed by atoms with van der Waals surface area (Å²) in [5, 5.41) is 20.8. The fourth-order valence-electron chi connectivity index (χ4n) is 3.03. The number of ether oxygens (including phenoxy) is 1. The Hall–Kier alpha value is -1.77. The Kier molecular flexibility index (Phi) is 3.76. The van der Waals surface area contributed by atoms with Crippen molar-refractivity contribution in [2.75, 3.05) is 19.8 Å². The molecule has 3 rings (SSSR count). The molecule has 0 bridgehead atoms. The number of aliphatic hydroxyl groups is 1. The summed E-state index contributed by atoms with van der Waals surface area (Å²) in [7, 11) is -0.627. The van der Waals surface area contributed by atoms with E-state index >= 15 is 0 Å². The maximum absolute atomic E-state index is 10.7. The predicted octanol–water partition coefficient (Wildman–Crippen LogP) is 0.618. The normalized spacial score (nSPS) is 30.1. The van der Waals surface area contributed by atoms with Gasteiger partial charge >= 0.3 is 13.2 Å². The highest BCUT2D eigenvalue weighted by atomic mass is 16.6. The number of hydrogen-bond acceptors (Lipinski definition) is 5. The zero-order chi connectivity index (χ0) is 15.9. The van der Waals surface area contributed by atoms with Crippen molar-refractivity contribution in [3.63, 3.8) is 0 Å². The molecule has 7 nitrogen and oxygen atoms in total. The van der Waals surface area contributed by atoms with E-state index in [4.69, 9.17) is 19.2 Å². The molecule has 118 valence electrons. The van der Waals surface area contributed by atoms with Gasteiger partial charge in [-0.1, -0.05) is 0 Å². The average Bonchev–Trinajstić information content (AvgIpc) is 2.65. The summed E-state index contributed by atoms with van der Waals surface area (Å²) in [6, 6.07) is 0. The first-order chi connectivity index (χ1) is 10.5. The zero-order valence-electron chi connectivity index (χ0n) is 12.5. The van der Waals surface area contributed by atoms with Crippen molar-refractivity contribution in [1.29, 1.82) is 0 Å². The van der Waals surface area contributed by atoms with Gasteiger partial charge < -0.3 is 29.6 Å². The van der Waals surface area contributed by atoms with E-state index in [0.29, 0.717) is 6.61 Å². The first-order valence-electron chi connectivity index (χ1n) is 7.10. The summed E-state index contributed by atoms with van der Waals surface area (Å²) in [4.78, 5) is 10.7. The first-order valence-corrected chi connectivity index (χ1v) is 7.10. The number of carbonyl (C=O) groups is 1. The van der Waals surface area contributed by atoms with Crippen LogP contribution in [-0.2, 0) is 14.0 Å². The highest BCUT2D eigenvalue weighted by molar-refractivity contribution is 6.57. The van der Waals surface area contributed by atoms with Crippen LogP contribution in [0, 0.1) is 0 Å². The van der Waals surface area contributed by atoms with Gasteiger partial charge in [0.05, 0.1) is 24.6 Å². The van der Waals surface area contributed by atoms with Crippen molar-refractivity contribution in [3.05, 3.63) is 34.5 Å². The minimum Gasteiger partial charge on any atom is -0.497 e. The van der Waals surface area contributed by atoms with Gasteiger partial charge in [0.2, 0.25) is 0 Å². The molecule has 1 amide bonds. The summed E-state index contributed by atoms with van der Waals surface area (Å²) in [5.74, 6) is 0. The third-order valence-corrected chi connectivity index (χ3v) is 4.35. The molecule has 0 saturated heterocycles. The summed E-state index contributed by atoms with van der Waals surface area (Å²) in [5.41, 5.74) is 2.73. The quantitative estimate of drug-likeness (QED) is 0.661. The van der Waals surface area contributed by atoms with Crippen LogP contribution in [0.25, 0.3) is 0 Å². The van der Waals surface area contributed by atoms with E-state index in [1.165, 1.54) is 0 Å². The van der Waals surface area contributed by atoms with Crippen molar-refractivity contribution in [2.45, 2.75) is 25.6 Å². The Morgan fingerprint density at radius 2 is 2.36 bits per heavy atom. The molecule has 0 aromatic rings. The fraction of sp³-hybridized carbons (Fsp3) is 0.500. The van der Waals surface area contributed by atoms with E-state index in [-0.39, 0.29) is 13.2 Å². The number of carboxylic acid groups (broad SMARTS) is 1. The highest BCUT2D eigenvalue weighted by Crippen LogP contribution is 2.43. The molecular formula is C14H18BNO6. The van der Waals surface area contributed by atoms with Crippen LogP contribution in [0.1, 0.15) is 13.8 Å². The molecule has 22 heavy (non-hydrogen) atoms. The lowest BCUT2D eigenvalue weighted by molar-refractivity contribution is 0.0282. The Balaban J connectivity index is 2.00. The lowest BCUT2D eigenvalue weighted by Gasteiger charge is -2.30. The van der Waals surface area contributed by atoms with Crippen LogP contribution in [0.4, 0.5) is 4.79 Å². The number of amides is 1. The number of nitrogens with one attached hydrogen (secondary N) is 1. The van der Waals surface area contributed by atoms with Crippen LogP contribution in [0.15, 0.2) is 34.5 Å². The smallest absolute Gasteiger partial charge is 0.495 e. The van der Waals surface area contributed by atoms with Gasteiger partial charge in [0.25, 0.3) is 0 Å². The van der Waals surface area contributed by atoms with Crippen molar-refractivity contribution < 1.29 is 29.1 Å². The SMILES string of the molecule is CC1=C2C=COCC3=C2B(OC1CNC(=O)O)OC3(C)CO. The first kappa shape index (κ1) is 15.1. The second kappa shape index (κ2) is 5.46. The van der Waals surface area contributed by atoms with Gasteiger partial charge in [-0.3, -0.25) is 0 Å². The lowest BCUT2D eigenvalue weighted by atomic mass is 9.68. The van der Waals surface area contributed by atoms with Crippen LogP contribution in [0.2, 0.25) is 0 Å². The largest absolute Gasteiger partial charge is 0.497 e. The van der Waals surface area contributed by atoms with E-state index in [2.05, 4.69) is 5.32 Å². The molecule has 3 aliphatic heterocycles. The summed E-state index contributed by atoms with van der Waals surface area (Å²) in [6.45, 7) is 3.98. The molecule has 2 atom stereocenters. The van der Waals surface area contributed by atoms with Gasteiger partial charge in [-0.15, -0.1) is 0 Å². The molecule has 0 aromatic carbocycles.